The molecule has 0 radical (unpaired) electrons. The molecule has 2 N–H and O–H groups in total. The summed E-state index contributed by atoms with van der Waals surface area (Å²) >= 11 is 0. The van der Waals surface area contributed by atoms with Crippen molar-refractivity contribution < 1.29 is 18.0 Å². The Bertz CT molecular complexity index is 456. The second-order valence-electron chi connectivity index (χ2n) is 4.61. The Morgan fingerprint density at radius 2 is 1.89 bits per heavy atom. The lowest BCUT2D eigenvalue weighted by molar-refractivity contribution is -0.137. The largest absolute Gasteiger partial charge is 0.417 e. The number of hydrogen-bond acceptors (Lipinski definition) is 2. The summed E-state index contributed by atoms with van der Waals surface area (Å²) in [5.74, 6) is -0.957. The van der Waals surface area contributed by atoms with Crippen LogP contribution in [0.4, 0.5) is 13.2 Å². The van der Waals surface area contributed by atoms with Gasteiger partial charge in [0.15, 0.2) is 5.78 Å². The van der Waals surface area contributed by atoms with E-state index in [2.05, 4.69) is 0 Å². The summed E-state index contributed by atoms with van der Waals surface area (Å²) in [6.07, 6.45) is -2.43. The van der Waals surface area contributed by atoms with Crippen molar-refractivity contribution in [3.05, 3.63) is 35.4 Å². The average Bonchev–Trinajstić information content (AvgIpc) is 2.73. The number of Topliss-reactive ketones (excluding diaryl/α,β-unsaturated/α-hetero) is 1. The van der Waals surface area contributed by atoms with Crippen molar-refractivity contribution in [2.75, 3.05) is 0 Å². The van der Waals surface area contributed by atoms with Gasteiger partial charge in [-0.15, -0.1) is 0 Å². The van der Waals surface area contributed by atoms with Gasteiger partial charge in [-0.05, 0) is 18.9 Å². The molecule has 1 fully saturated rings. The van der Waals surface area contributed by atoms with Gasteiger partial charge < -0.3 is 5.73 Å². The van der Waals surface area contributed by atoms with Crippen molar-refractivity contribution in [2.24, 2.45) is 11.7 Å². The topological polar surface area (TPSA) is 43.1 Å². The SMILES string of the molecule is NC1CCCC1C(=O)c1ccccc1C(F)(F)F. The van der Waals surface area contributed by atoms with Gasteiger partial charge in [0, 0.05) is 17.5 Å². The first kappa shape index (κ1) is 13.1. The first-order valence-corrected chi connectivity index (χ1v) is 5.87. The van der Waals surface area contributed by atoms with Crippen LogP contribution in [0.1, 0.15) is 35.2 Å². The summed E-state index contributed by atoms with van der Waals surface area (Å²) in [6.45, 7) is 0. The first-order chi connectivity index (χ1) is 8.41. The monoisotopic (exact) mass is 257 g/mol. The van der Waals surface area contributed by atoms with Crippen LogP contribution in [0, 0.1) is 5.92 Å². The first-order valence-electron chi connectivity index (χ1n) is 5.87. The minimum Gasteiger partial charge on any atom is -0.327 e. The van der Waals surface area contributed by atoms with Gasteiger partial charge in [0.1, 0.15) is 0 Å². The summed E-state index contributed by atoms with van der Waals surface area (Å²) in [5.41, 5.74) is 4.65. The molecule has 0 aliphatic heterocycles. The predicted molar refractivity (Wildman–Crippen MR) is 61.1 cm³/mol. The highest BCUT2D eigenvalue weighted by Gasteiger charge is 2.38. The Hall–Kier alpha value is -1.36. The van der Waals surface area contributed by atoms with Crippen LogP contribution in [0.5, 0.6) is 0 Å². The second kappa shape index (κ2) is 4.72. The van der Waals surface area contributed by atoms with Crippen molar-refractivity contribution in [3.8, 4) is 0 Å². The predicted octanol–water partition coefficient (Wildman–Crippen LogP) is 3.02. The maximum absolute atomic E-state index is 12.8. The van der Waals surface area contributed by atoms with Crippen molar-refractivity contribution in [1.29, 1.82) is 0 Å². The second-order valence-corrected chi connectivity index (χ2v) is 4.61. The van der Waals surface area contributed by atoms with E-state index in [-0.39, 0.29) is 11.6 Å². The zero-order valence-corrected chi connectivity index (χ0v) is 9.70. The van der Waals surface area contributed by atoms with Crippen LogP contribution in [-0.2, 0) is 6.18 Å². The molecule has 0 heterocycles. The molecule has 2 unspecified atom stereocenters. The molecule has 1 saturated carbocycles. The average molecular weight is 257 g/mol. The number of halogens is 3. The van der Waals surface area contributed by atoms with Crippen molar-refractivity contribution in [1.82, 2.24) is 0 Å². The molecule has 5 heteroatoms. The minimum absolute atomic E-state index is 0.257. The van der Waals surface area contributed by atoms with E-state index < -0.39 is 23.4 Å². The molecule has 1 aromatic rings. The minimum atomic E-state index is -4.51. The molecule has 1 aliphatic carbocycles. The molecule has 1 aliphatic rings. The van der Waals surface area contributed by atoms with Gasteiger partial charge in [-0.1, -0.05) is 24.6 Å². The van der Waals surface area contributed by atoms with Gasteiger partial charge in [0.05, 0.1) is 5.56 Å². The van der Waals surface area contributed by atoms with Crippen LogP contribution in [0.2, 0.25) is 0 Å². The van der Waals surface area contributed by atoms with Crippen LogP contribution in [0.25, 0.3) is 0 Å². The third-order valence-corrected chi connectivity index (χ3v) is 3.40. The van der Waals surface area contributed by atoms with Crippen LogP contribution in [0.3, 0.4) is 0 Å². The highest BCUT2D eigenvalue weighted by atomic mass is 19.4. The van der Waals surface area contributed by atoms with Gasteiger partial charge in [-0.25, -0.2) is 0 Å². The maximum atomic E-state index is 12.8. The zero-order chi connectivity index (χ0) is 13.3. The Labute approximate surface area is 103 Å². The number of carbonyl (C=O) groups is 1. The summed E-state index contributed by atoms with van der Waals surface area (Å²) in [4.78, 5) is 12.1. The Morgan fingerprint density at radius 1 is 1.22 bits per heavy atom. The van der Waals surface area contributed by atoms with E-state index in [0.29, 0.717) is 12.8 Å². The molecule has 2 atom stereocenters. The van der Waals surface area contributed by atoms with E-state index in [9.17, 15) is 18.0 Å². The van der Waals surface area contributed by atoms with Crippen LogP contribution in [-0.4, -0.2) is 11.8 Å². The zero-order valence-electron chi connectivity index (χ0n) is 9.70. The van der Waals surface area contributed by atoms with Gasteiger partial charge in [-0.2, -0.15) is 13.2 Å². The smallest absolute Gasteiger partial charge is 0.327 e. The van der Waals surface area contributed by atoms with Crippen LogP contribution >= 0.6 is 0 Å². The number of ketones is 1. The van der Waals surface area contributed by atoms with E-state index >= 15 is 0 Å². The normalized spacial score (nSPS) is 24.2. The third kappa shape index (κ3) is 2.41. The van der Waals surface area contributed by atoms with Gasteiger partial charge in [0.25, 0.3) is 0 Å². The van der Waals surface area contributed by atoms with E-state index in [1.165, 1.54) is 18.2 Å². The molecule has 98 valence electrons. The number of alkyl halides is 3. The van der Waals surface area contributed by atoms with E-state index in [1.807, 2.05) is 0 Å². The standard InChI is InChI=1S/C13H14F3NO/c14-13(15,16)10-6-2-1-4-8(10)12(18)9-5-3-7-11(9)17/h1-2,4,6,9,11H,3,5,7,17H2. The fraction of sp³-hybridized carbons (Fsp3) is 0.462. The Kier molecular flexibility index (Phi) is 3.43. The van der Waals surface area contributed by atoms with E-state index in [4.69, 9.17) is 5.73 Å². The quantitative estimate of drug-likeness (QED) is 0.827. The van der Waals surface area contributed by atoms with Gasteiger partial charge in [0.2, 0.25) is 0 Å². The lowest BCUT2D eigenvalue weighted by Crippen LogP contribution is -2.31. The summed E-state index contributed by atoms with van der Waals surface area (Å²) in [5, 5.41) is 0. The summed E-state index contributed by atoms with van der Waals surface area (Å²) < 4.78 is 38.4. The lowest BCUT2D eigenvalue weighted by Gasteiger charge is -2.17. The number of carbonyl (C=O) groups excluding carboxylic acids is 1. The molecular formula is C13H14F3NO. The Morgan fingerprint density at radius 3 is 2.44 bits per heavy atom. The molecule has 2 rings (SSSR count). The fourth-order valence-electron chi connectivity index (χ4n) is 2.46. The summed E-state index contributed by atoms with van der Waals surface area (Å²) in [6, 6.07) is 4.58. The van der Waals surface area contributed by atoms with Crippen molar-refractivity contribution >= 4 is 5.78 Å². The molecule has 0 spiro atoms. The number of benzene rings is 1. The highest BCUT2D eigenvalue weighted by Crippen LogP contribution is 2.35. The third-order valence-electron chi connectivity index (χ3n) is 3.40. The van der Waals surface area contributed by atoms with Crippen molar-refractivity contribution in [2.45, 2.75) is 31.5 Å². The molecule has 0 bridgehead atoms. The molecular weight excluding hydrogens is 243 g/mol. The summed E-state index contributed by atoms with van der Waals surface area (Å²) in [7, 11) is 0. The fourth-order valence-corrected chi connectivity index (χ4v) is 2.46. The number of rotatable bonds is 2. The van der Waals surface area contributed by atoms with Gasteiger partial charge in [-0.3, -0.25) is 4.79 Å². The molecule has 18 heavy (non-hydrogen) atoms. The number of hydrogen-bond donors (Lipinski definition) is 1. The lowest BCUT2D eigenvalue weighted by atomic mass is 9.90. The van der Waals surface area contributed by atoms with Crippen LogP contribution in [0.15, 0.2) is 24.3 Å². The van der Waals surface area contributed by atoms with E-state index in [0.717, 1.165) is 12.5 Å². The van der Waals surface area contributed by atoms with E-state index in [1.54, 1.807) is 0 Å². The Balaban J connectivity index is 2.36. The van der Waals surface area contributed by atoms with Gasteiger partial charge >= 0.3 is 6.18 Å². The van der Waals surface area contributed by atoms with Crippen molar-refractivity contribution in [3.63, 3.8) is 0 Å². The molecule has 0 saturated heterocycles. The molecule has 2 nitrogen and oxygen atoms in total. The molecule has 0 aromatic heterocycles. The number of nitrogens with two attached hydrogens (primary N) is 1. The maximum Gasteiger partial charge on any atom is 0.417 e. The molecule has 1 aromatic carbocycles. The molecule has 0 amide bonds. The van der Waals surface area contributed by atoms with Crippen LogP contribution < -0.4 is 5.73 Å². The highest BCUT2D eigenvalue weighted by molar-refractivity contribution is 6.00.